The molecule has 52 valence electrons. The van der Waals surface area contributed by atoms with Gasteiger partial charge in [0.2, 0.25) is 0 Å². The van der Waals surface area contributed by atoms with Crippen LogP contribution in [0.1, 0.15) is 8.56 Å². The second-order valence-corrected chi connectivity index (χ2v) is 0. The molecule has 0 aliphatic heterocycles. The number of hydrogen-bond acceptors (Lipinski definition) is 0. The van der Waals surface area contributed by atoms with E-state index in [0.717, 1.165) is 0 Å². The smallest absolute Gasteiger partial charge is 1.00 e. The Hall–Kier alpha value is 9.62. The molecule has 0 atom stereocenters. The summed E-state index contributed by atoms with van der Waals surface area (Å²) in [6.45, 7) is 0. The molecule has 0 aromatic carbocycles. The van der Waals surface area contributed by atoms with Gasteiger partial charge < -0.3 is 35.9 Å². The summed E-state index contributed by atoms with van der Waals surface area (Å²) in [7, 11) is 0. The molecule has 0 heterocycles. The van der Waals surface area contributed by atoms with Crippen LogP contribution < -0.4 is 308 Å². The predicted octanol–water partition coefficient (Wildman–Crippen LogP) is -21.4. The van der Waals surface area contributed by atoms with E-state index in [4.69, 9.17) is 0 Å². The van der Waals surface area contributed by atoms with Gasteiger partial charge in [0, 0.05) is 0 Å². The molecule has 0 rings (SSSR count). The molecule has 0 saturated carbocycles. The van der Waals surface area contributed by atoms with Gasteiger partial charge in [-0.3, -0.25) is 0 Å². The van der Waals surface area contributed by atoms with Crippen LogP contribution in [0.2, 0.25) is 0 Å². The van der Waals surface area contributed by atoms with Gasteiger partial charge in [-0.05, 0) is 0 Å². The summed E-state index contributed by atoms with van der Waals surface area (Å²) in [4.78, 5) is 0. The third-order valence-corrected chi connectivity index (χ3v) is 0. The molecular formula is H16K6O5. The maximum absolute atomic E-state index is 0. The first-order valence-corrected chi connectivity index (χ1v) is 0. The number of rotatable bonds is 0. The Balaban J connectivity index is 0. The van der Waals surface area contributed by atoms with Gasteiger partial charge in [-0.15, -0.1) is 0 Å². The fourth-order valence-corrected chi connectivity index (χ4v) is 0. The van der Waals surface area contributed by atoms with Crippen molar-refractivity contribution in [1.29, 1.82) is 0 Å². The standard InChI is InChI=1S/6K.5H2O.6H/h;;;;;;5*1H2;;;;;;/q6*+1;;;;;;6*-1. The van der Waals surface area contributed by atoms with E-state index in [0.29, 0.717) is 0 Å². The maximum Gasteiger partial charge on any atom is 1.00 e. The van der Waals surface area contributed by atoms with E-state index in [2.05, 4.69) is 0 Å². The molecule has 0 radical (unpaired) electrons. The molecule has 0 aliphatic rings. The molecular weight excluding hydrogens is 315 g/mol. The van der Waals surface area contributed by atoms with E-state index < -0.39 is 0 Å². The van der Waals surface area contributed by atoms with Crippen molar-refractivity contribution in [2.45, 2.75) is 0 Å². The average molecular weight is 331 g/mol. The summed E-state index contributed by atoms with van der Waals surface area (Å²) in [5.74, 6) is 0. The Bertz CT molecular complexity index is 26.9. The molecule has 0 bridgehead atoms. The minimum atomic E-state index is 0. The minimum absolute atomic E-state index is 0. The molecule has 5 nitrogen and oxygen atoms in total. The Morgan fingerprint density at radius 2 is 0.273 bits per heavy atom. The van der Waals surface area contributed by atoms with Gasteiger partial charge in [0.05, 0.1) is 0 Å². The monoisotopic (exact) mass is 330 g/mol. The molecule has 0 amide bonds. The zero-order chi connectivity index (χ0) is 0. The van der Waals surface area contributed by atoms with E-state index in [1.165, 1.54) is 0 Å². The largest absolute Gasteiger partial charge is 1.00 e. The second kappa shape index (κ2) is 73.5. The fourth-order valence-electron chi connectivity index (χ4n) is 0. The summed E-state index contributed by atoms with van der Waals surface area (Å²) >= 11 is 0. The quantitative estimate of drug-likeness (QED) is 0.386. The third-order valence-electron chi connectivity index (χ3n) is 0. The molecule has 11 heavy (non-hydrogen) atoms. The van der Waals surface area contributed by atoms with Gasteiger partial charge in [-0.2, -0.15) is 0 Å². The zero-order valence-electron chi connectivity index (χ0n) is 14.5. The predicted molar refractivity (Wildman–Crippen MR) is 24.7 cm³/mol. The van der Waals surface area contributed by atoms with Crippen LogP contribution in [0.15, 0.2) is 0 Å². The van der Waals surface area contributed by atoms with Crippen LogP contribution in [0.5, 0.6) is 0 Å². The summed E-state index contributed by atoms with van der Waals surface area (Å²) < 4.78 is 0. The van der Waals surface area contributed by atoms with E-state index in [1.54, 1.807) is 0 Å². The van der Waals surface area contributed by atoms with E-state index in [9.17, 15) is 0 Å². The summed E-state index contributed by atoms with van der Waals surface area (Å²) in [5, 5.41) is 0. The van der Waals surface area contributed by atoms with Gasteiger partial charge in [-0.1, -0.05) is 0 Å². The summed E-state index contributed by atoms with van der Waals surface area (Å²) in [6, 6.07) is 0. The van der Waals surface area contributed by atoms with Crippen molar-refractivity contribution in [3.8, 4) is 0 Å². The van der Waals surface area contributed by atoms with Crippen molar-refractivity contribution >= 4 is 0 Å². The van der Waals surface area contributed by atoms with E-state index >= 15 is 0 Å². The van der Waals surface area contributed by atoms with Gasteiger partial charge in [0.15, 0.2) is 0 Å². The Labute approximate surface area is 331 Å². The first-order valence-electron chi connectivity index (χ1n) is 0. The van der Waals surface area contributed by atoms with Crippen molar-refractivity contribution in [1.82, 2.24) is 0 Å². The average Bonchev–Trinajstić information content (AvgIpc) is 0. The van der Waals surface area contributed by atoms with Crippen molar-refractivity contribution in [3.05, 3.63) is 0 Å². The van der Waals surface area contributed by atoms with Crippen LogP contribution in [0.4, 0.5) is 0 Å². The van der Waals surface area contributed by atoms with Crippen LogP contribution >= 0.6 is 0 Å². The van der Waals surface area contributed by atoms with Crippen LogP contribution in [0.3, 0.4) is 0 Å². The Morgan fingerprint density at radius 1 is 0.273 bits per heavy atom. The third kappa shape index (κ3) is 65.8. The minimum Gasteiger partial charge on any atom is -1.00 e. The fraction of sp³-hybridized carbons (Fsp3) is 0. The molecule has 0 unspecified atom stereocenters. The number of hydrogen-bond donors (Lipinski definition) is 0. The van der Waals surface area contributed by atoms with Crippen LogP contribution in [0.25, 0.3) is 0 Å². The van der Waals surface area contributed by atoms with Gasteiger partial charge in [0.1, 0.15) is 0 Å². The van der Waals surface area contributed by atoms with E-state index in [-0.39, 0.29) is 344 Å². The Kier molecular flexibility index (Phi) is 573. The normalized spacial score (nSPS) is 0. The first kappa shape index (κ1) is 85.8. The molecule has 0 fully saturated rings. The summed E-state index contributed by atoms with van der Waals surface area (Å²) in [5.41, 5.74) is 0. The topological polar surface area (TPSA) is 158 Å². The Morgan fingerprint density at radius 3 is 0.273 bits per heavy atom. The van der Waals surface area contributed by atoms with Gasteiger partial charge in [-0.25, -0.2) is 0 Å². The molecule has 0 aromatic heterocycles. The molecule has 11 heteroatoms. The second-order valence-electron chi connectivity index (χ2n) is 0. The molecule has 0 spiro atoms. The van der Waals surface area contributed by atoms with Crippen molar-refractivity contribution in [2.75, 3.05) is 0 Å². The van der Waals surface area contributed by atoms with Crippen LogP contribution in [0, 0.1) is 0 Å². The van der Waals surface area contributed by atoms with Gasteiger partial charge in [0.25, 0.3) is 0 Å². The summed E-state index contributed by atoms with van der Waals surface area (Å²) in [6.07, 6.45) is 0. The van der Waals surface area contributed by atoms with Crippen molar-refractivity contribution < 1.29 is 344 Å². The zero-order valence-corrected chi connectivity index (χ0v) is 27.2. The molecule has 0 aliphatic carbocycles. The first-order chi connectivity index (χ1) is 0. The SMILES string of the molecule is O.O.O.O.O.[H-].[H-].[H-].[H-].[H-].[H-].[K+].[K+].[K+].[K+].[K+].[K+]. The molecule has 0 aromatic rings. The van der Waals surface area contributed by atoms with Crippen LogP contribution in [-0.4, -0.2) is 27.4 Å². The maximum atomic E-state index is 0. The van der Waals surface area contributed by atoms with Crippen molar-refractivity contribution in [2.24, 2.45) is 0 Å². The van der Waals surface area contributed by atoms with E-state index in [1.807, 2.05) is 0 Å². The van der Waals surface area contributed by atoms with Gasteiger partial charge >= 0.3 is 308 Å². The van der Waals surface area contributed by atoms with Crippen molar-refractivity contribution in [3.63, 3.8) is 0 Å². The van der Waals surface area contributed by atoms with Crippen LogP contribution in [-0.2, 0) is 0 Å². The molecule has 0 saturated heterocycles. The molecule has 10 N–H and O–H groups in total.